The van der Waals surface area contributed by atoms with Gasteiger partial charge in [0.05, 0.1) is 26.3 Å². The number of nitrogens with zero attached hydrogens (tertiary/aromatic N) is 1. The molecular weight excluding hydrogens is 296 g/mol. The van der Waals surface area contributed by atoms with E-state index in [1.54, 1.807) is 0 Å². The molecule has 0 aromatic heterocycles. The van der Waals surface area contributed by atoms with Gasteiger partial charge in [0, 0.05) is 25.3 Å². The Balaban J connectivity index is 1.73. The molecule has 0 spiro atoms. The monoisotopic (exact) mass is 320 g/mol. The van der Waals surface area contributed by atoms with E-state index < -0.39 is 0 Å². The van der Waals surface area contributed by atoms with Crippen LogP contribution in [0.5, 0.6) is 0 Å². The Labute approximate surface area is 136 Å². The Morgan fingerprint density at radius 2 is 1.83 bits per heavy atom. The topological polar surface area (TPSA) is 96.7 Å². The van der Waals surface area contributed by atoms with Gasteiger partial charge in [-0.1, -0.05) is 12.1 Å². The average Bonchev–Trinajstić information content (AvgIpc) is 2.60. The van der Waals surface area contributed by atoms with E-state index >= 15 is 0 Å². The zero-order valence-electron chi connectivity index (χ0n) is 13.2. The minimum Gasteiger partial charge on any atom is -0.379 e. The summed E-state index contributed by atoms with van der Waals surface area (Å²) in [5.41, 5.74) is 7.10. The molecule has 0 unspecified atom stereocenters. The molecule has 1 aromatic rings. The van der Waals surface area contributed by atoms with Gasteiger partial charge in [-0.3, -0.25) is 14.5 Å². The lowest BCUT2D eigenvalue weighted by Gasteiger charge is -2.26. The Bertz CT molecular complexity index is 513. The van der Waals surface area contributed by atoms with Crippen molar-refractivity contribution in [2.24, 2.45) is 5.73 Å². The molecular formula is C16H24N4O3. The number of hydrogen-bond acceptors (Lipinski definition) is 5. The molecule has 1 fully saturated rings. The van der Waals surface area contributed by atoms with Crippen LogP contribution in [-0.2, 0) is 20.7 Å². The predicted octanol–water partition coefficient (Wildman–Crippen LogP) is -0.425. The van der Waals surface area contributed by atoms with Gasteiger partial charge < -0.3 is 21.1 Å². The number of hydrogen-bond donors (Lipinski definition) is 3. The second-order valence-electron chi connectivity index (χ2n) is 5.43. The summed E-state index contributed by atoms with van der Waals surface area (Å²) in [4.78, 5) is 25.0. The highest BCUT2D eigenvalue weighted by atomic mass is 16.5. The number of carbonyl (C=O) groups excluding carboxylic acids is 2. The van der Waals surface area contributed by atoms with Crippen molar-refractivity contribution in [1.82, 2.24) is 10.2 Å². The third-order valence-electron chi connectivity index (χ3n) is 3.69. The van der Waals surface area contributed by atoms with Crippen molar-refractivity contribution in [2.75, 3.05) is 51.3 Å². The van der Waals surface area contributed by atoms with Crippen molar-refractivity contribution in [2.45, 2.75) is 6.42 Å². The van der Waals surface area contributed by atoms with Crippen LogP contribution in [0, 0.1) is 0 Å². The molecule has 4 N–H and O–H groups in total. The van der Waals surface area contributed by atoms with E-state index in [1.807, 2.05) is 24.3 Å². The van der Waals surface area contributed by atoms with E-state index in [1.165, 1.54) is 5.56 Å². The largest absolute Gasteiger partial charge is 0.379 e. The third kappa shape index (κ3) is 6.35. The maximum Gasteiger partial charge on any atom is 0.243 e. The number of benzene rings is 1. The molecule has 1 aromatic carbocycles. The number of nitrogens with two attached hydrogens (primary N) is 1. The Hall–Kier alpha value is -1.96. The smallest absolute Gasteiger partial charge is 0.243 e. The van der Waals surface area contributed by atoms with Gasteiger partial charge in [0.2, 0.25) is 11.8 Å². The summed E-state index contributed by atoms with van der Waals surface area (Å²) in [5, 5.41) is 5.16. The number of anilines is 1. The quantitative estimate of drug-likeness (QED) is 0.634. The van der Waals surface area contributed by atoms with E-state index in [0.29, 0.717) is 5.69 Å². The number of nitrogens with one attached hydrogen (secondary N) is 2. The van der Waals surface area contributed by atoms with Crippen LogP contribution in [0.1, 0.15) is 5.56 Å². The highest BCUT2D eigenvalue weighted by molar-refractivity contribution is 5.94. The minimum atomic E-state index is -0.349. The van der Waals surface area contributed by atoms with E-state index in [4.69, 9.17) is 10.5 Å². The minimum absolute atomic E-state index is 0.0746. The van der Waals surface area contributed by atoms with E-state index in [2.05, 4.69) is 15.5 Å². The van der Waals surface area contributed by atoms with Gasteiger partial charge in [0.15, 0.2) is 0 Å². The lowest BCUT2D eigenvalue weighted by Crippen LogP contribution is -2.37. The molecule has 126 valence electrons. The van der Waals surface area contributed by atoms with Crippen LogP contribution < -0.4 is 16.4 Å². The average molecular weight is 320 g/mol. The fourth-order valence-electron chi connectivity index (χ4n) is 2.32. The summed E-state index contributed by atoms with van der Waals surface area (Å²) in [6.45, 7) is 4.42. The highest BCUT2D eigenvalue weighted by Gasteiger charge is 2.10. The summed E-state index contributed by atoms with van der Waals surface area (Å²) >= 11 is 0. The van der Waals surface area contributed by atoms with Gasteiger partial charge in [0.25, 0.3) is 0 Å². The molecule has 2 rings (SSSR count). The number of rotatable bonds is 7. The van der Waals surface area contributed by atoms with E-state index in [0.717, 1.165) is 39.3 Å². The maximum absolute atomic E-state index is 11.7. The first-order chi connectivity index (χ1) is 11.2. The van der Waals surface area contributed by atoms with Crippen molar-refractivity contribution in [3.8, 4) is 0 Å². The molecule has 0 bridgehead atoms. The standard InChI is InChI=1S/C16H24N4O3/c17-11-15(21)18-12-16(22)19-14-3-1-13(2-4-14)5-6-20-7-9-23-10-8-20/h1-4H,5-12,17H2,(H,18,21)(H,19,22). The van der Waals surface area contributed by atoms with E-state index in [9.17, 15) is 9.59 Å². The van der Waals surface area contributed by atoms with Crippen LogP contribution in [0.25, 0.3) is 0 Å². The fraction of sp³-hybridized carbons (Fsp3) is 0.500. The Morgan fingerprint density at radius 1 is 1.13 bits per heavy atom. The highest BCUT2D eigenvalue weighted by Crippen LogP contribution is 2.11. The lowest BCUT2D eigenvalue weighted by molar-refractivity contribution is -0.123. The molecule has 0 saturated carbocycles. The zero-order chi connectivity index (χ0) is 16.5. The van der Waals surface area contributed by atoms with Crippen molar-refractivity contribution in [3.05, 3.63) is 29.8 Å². The maximum atomic E-state index is 11.7. The molecule has 0 radical (unpaired) electrons. The van der Waals surface area contributed by atoms with Gasteiger partial charge in [-0.2, -0.15) is 0 Å². The predicted molar refractivity (Wildman–Crippen MR) is 88.1 cm³/mol. The summed E-state index contributed by atoms with van der Waals surface area (Å²) in [6.07, 6.45) is 0.973. The molecule has 2 amide bonds. The van der Waals surface area contributed by atoms with E-state index in [-0.39, 0.29) is 24.9 Å². The summed E-state index contributed by atoms with van der Waals surface area (Å²) in [7, 11) is 0. The van der Waals surface area contributed by atoms with Gasteiger partial charge in [-0.05, 0) is 24.1 Å². The van der Waals surface area contributed by atoms with Crippen LogP contribution in [0.2, 0.25) is 0 Å². The fourth-order valence-corrected chi connectivity index (χ4v) is 2.32. The second-order valence-corrected chi connectivity index (χ2v) is 5.43. The molecule has 0 aliphatic carbocycles. The molecule has 1 aliphatic heterocycles. The van der Waals surface area contributed by atoms with Crippen molar-refractivity contribution in [3.63, 3.8) is 0 Å². The second kappa shape index (κ2) is 9.24. The number of carbonyl (C=O) groups is 2. The summed E-state index contributed by atoms with van der Waals surface area (Å²) in [5.74, 6) is -0.619. The van der Waals surface area contributed by atoms with Gasteiger partial charge in [0.1, 0.15) is 0 Å². The summed E-state index contributed by atoms with van der Waals surface area (Å²) in [6, 6.07) is 7.76. The van der Waals surface area contributed by atoms with Crippen molar-refractivity contribution < 1.29 is 14.3 Å². The first-order valence-electron chi connectivity index (χ1n) is 7.83. The SMILES string of the molecule is NCC(=O)NCC(=O)Nc1ccc(CCN2CCOCC2)cc1. The Kier molecular flexibility index (Phi) is 6.99. The number of ether oxygens (including phenoxy) is 1. The molecule has 7 heteroatoms. The van der Waals surface area contributed by atoms with Crippen LogP contribution >= 0.6 is 0 Å². The summed E-state index contributed by atoms with van der Waals surface area (Å²) < 4.78 is 5.33. The van der Waals surface area contributed by atoms with Crippen LogP contribution in [0.15, 0.2) is 24.3 Å². The zero-order valence-corrected chi connectivity index (χ0v) is 13.2. The van der Waals surface area contributed by atoms with Crippen molar-refractivity contribution >= 4 is 17.5 Å². The first-order valence-corrected chi connectivity index (χ1v) is 7.83. The molecule has 0 atom stereocenters. The lowest BCUT2D eigenvalue weighted by atomic mass is 10.1. The molecule has 1 aliphatic rings. The third-order valence-corrected chi connectivity index (χ3v) is 3.69. The molecule has 23 heavy (non-hydrogen) atoms. The first kappa shape index (κ1) is 17.4. The van der Waals surface area contributed by atoms with Gasteiger partial charge in [-0.15, -0.1) is 0 Å². The van der Waals surface area contributed by atoms with Gasteiger partial charge >= 0.3 is 0 Å². The number of amides is 2. The van der Waals surface area contributed by atoms with Gasteiger partial charge in [-0.25, -0.2) is 0 Å². The van der Waals surface area contributed by atoms with Crippen LogP contribution in [0.3, 0.4) is 0 Å². The normalized spacial score (nSPS) is 15.2. The molecule has 1 heterocycles. The van der Waals surface area contributed by atoms with Crippen LogP contribution in [0.4, 0.5) is 5.69 Å². The molecule has 1 saturated heterocycles. The Morgan fingerprint density at radius 3 is 2.48 bits per heavy atom. The van der Waals surface area contributed by atoms with Crippen molar-refractivity contribution in [1.29, 1.82) is 0 Å². The molecule has 7 nitrogen and oxygen atoms in total. The van der Waals surface area contributed by atoms with Crippen LogP contribution in [-0.4, -0.2) is 62.7 Å². The number of morpholine rings is 1.